The maximum atomic E-state index is 16.0. The number of imidazole rings is 1. The van der Waals surface area contributed by atoms with E-state index >= 15 is 4.39 Å². The number of nitrogens with two attached hydrogens (primary N) is 1. The van der Waals surface area contributed by atoms with Gasteiger partial charge in [-0.05, 0) is 38.8 Å². The third-order valence-corrected chi connectivity index (χ3v) is 8.70. The number of ether oxygens (including phenoxy) is 1. The number of carbonyl (C=O) groups excluding carboxylic acids is 1. The van der Waals surface area contributed by atoms with Crippen LogP contribution in [0.15, 0.2) is 43.0 Å². The van der Waals surface area contributed by atoms with Gasteiger partial charge in [0.2, 0.25) is 0 Å². The molecular weight excluding hydrogens is 518 g/mol. The number of nitrogens with one attached hydrogen (secondary N) is 1. The normalized spacial score (nSPS) is 30.6. The Bertz CT molecular complexity index is 1390. The molecule has 14 heteroatoms. The Hall–Kier alpha value is -3.12. The molecule has 0 aliphatic heterocycles. The Kier molecular flexibility index (Phi) is 6.67. The number of hydrogen-bond acceptors (Lipinski definition) is 10. The minimum atomic E-state index is -4.30. The molecule has 2 saturated carbocycles. The van der Waals surface area contributed by atoms with Crippen molar-refractivity contribution in [1.82, 2.24) is 24.6 Å². The van der Waals surface area contributed by atoms with E-state index in [1.165, 1.54) is 24.1 Å². The van der Waals surface area contributed by atoms with Crippen molar-refractivity contribution in [2.45, 2.75) is 63.8 Å². The van der Waals surface area contributed by atoms with Gasteiger partial charge < -0.3 is 24.7 Å². The number of aliphatic hydroxyl groups is 1. The van der Waals surface area contributed by atoms with Crippen LogP contribution in [0.5, 0.6) is 5.75 Å². The molecule has 12 nitrogen and oxygen atoms in total. The van der Waals surface area contributed by atoms with Crippen molar-refractivity contribution in [2.24, 2.45) is 11.8 Å². The first-order valence-electron chi connectivity index (χ1n) is 12.3. The van der Waals surface area contributed by atoms with Gasteiger partial charge >= 0.3 is 13.7 Å². The summed E-state index contributed by atoms with van der Waals surface area (Å²) in [4.78, 5) is 24.7. The van der Waals surface area contributed by atoms with Crippen molar-refractivity contribution in [3.05, 3.63) is 43.0 Å². The lowest BCUT2D eigenvalue weighted by Gasteiger charge is -2.29. The monoisotopic (exact) mass is 548 g/mol. The quantitative estimate of drug-likeness (QED) is 0.266. The third-order valence-electron chi connectivity index (χ3n) is 7.04. The minimum Gasteiger partial charge on any atom is -0.462 e. The number of benzene rings is 1. The van der Waals surface area contributed by atoms with Gasteiger partial charge in [-0.25, -0.2) is 23.9 Å². The van der Waals surface area contributed by atoms with Gasteiger partial charge in [-0.3, -0.25) is 9.32 Å². The smallest absolute Gasteiger partial charge is 0.459 e. The largest absolute Gasteiger partial charge is 0.462 e. The van der Waals surface area contributed by atoms with Crippen molar-refractivity contribution in [3.8, 4) is 5.75 Å². The molecule has 1 aromatic carbocycles. The fourth-order valence-electron chi connectivity index (χ4n) is 5.28. The number of aromatic nitrogens is 4. The second-order valence-electron chi connectivity index (χ2n) is 10.0. The molecule has 5 rings (SSSR count). The van der Waals surface area contributed by atoms with E-state index in [0.717, 1.165) is 0 Å². The molecule has 4 N–H and O–H groups in total. The molecule has 204 valence electrons. The van der Waals surface area contributed by atoms with Crippen LogP contribution in [0.1, 0.15) is 33.7 Å². The van der Waals surface area contributed by atoms with Crippen LogP contribution >= 0.6 is 7.75 Å². The number of nitrogens with zero attached hydrogens (tertiary/aromatic N) is 4. The predicted molar refractivity (Wildman–Crippen MR) is 135 cm³/mol. The standard InChI is InChI=1S/C24H30FN6O6P/c1-12(2)35-23(32)14(4)30-38(34,36-15-8-6-5-7-9-15)37-20-16-13(3)18(19(25)24(16,20)33)31-11-29-17-21(26)27-10-28-22(17)31/h5-14,16,18-20,33H,1-4H3,(H,30,34)(H2,26,27,28)/t13-,14+,16-,18-,19-,20?,24-,38-/m1/s1. The zero-order chi connectivity index (χ0) is 27.4. The molecule has 2 heterocycles. The summed E-state index contributed by atoms with van der Waals surface area (Å²) in [5, 5.41) is 13.9. The molecule has 0 bridgehead atoms. The highest BCUT2D eigenvalue weighted by Gasteiger charge is 2.80. The lowest BCUT2D eigenvalue weighted by molar-refractivity contribution is -0.149. The fourth-order valence-corrected chi connectivity index (χ4v) is 7.02. The molecule has 0 radical (unpaired) electrons. The van der Waals surface area contributed by atoms with Crippen LogP contribution in [0.4, 0.5) is 10.2 Å². The number of alkyl halides is 1. The van der Waals surface area contributed by atoms with Crippen LogP contribution in [-0.2, 0) is 18.6 Å². The van der Waals surface area contributed by atoms with Gasteiger partial charge in [0.1, 0.15) is 35.3 Å². The van der Waals surface area contributed by atoms with E-state index in [2.05, 4.69) is 20.0 Å². The highest BCUT2D eigenvalue weighted by Crippen LogP contribution is 2.68. The molecule has 8 atom stereocenters. The topological polar surface area (TPSA) is 164 Å². The molecule has 0 spiro atoms. The van der Waals surface area contributed by atoms with Crippen LogP contribution in [-0.4, -0.2) is 60.6 Å². The average Bonchev–Trinajstić information content (AvgIpc) is 3.12. The summed E-state index contributed by atoms with van der Waals surface area (Å²) in [6, 6.07) is 6.31. The minimum absolute atomic E-state index is 0.162. The fraction of sp³-hybridized carbons (Fsp3) is 0.500. The number of hydrogen-bond donors (Lipinski definition) is 3. The first-order valence-corrected chi connectivity index (χ1v) is 13.8. The summed E-state index contributed by atoms with van der Waals surface area (Å²) in [5.41, 5.74) is 4.60. The van der Waals surface area contributed by atoms with Crippen LogP contribution in [0.3, 0.4) is 0 Å². The molecule has 2 fully saturated rings. The lowest BCUT2D eigenvalue weighted by atomic mass is 9.98. The number of rotatable bonds is 9. The number of nitrogen functional groups attached to an aromatic ring is 1. The highest BCUT2D eigenvalue weighted by molar-refractivity contribution is 7.52. The molecule has 2 aliphatic carbocycles. The van der Waals surface area contributed by atoms with Crippen molar-refractivity contribution >= 4 is 30.7 Å². The van der Waals surface area contributed by atoms with Gasteiger partial charge in [0.05, 0.1) is 18.5 Å². The van der Waals surface area contributed by atoms with E-state index < -0.39 is 61.6 Å². The molecule has 3 aromatic rings. The lowest BCUT2D eigenvalue weighted by Crippen LogP contribution is -2.38. The van der Waals surface area contributed by atoms with E-state index in [-0.39, 0.29) is 11.6 Å². The molecule has 0 saturated heterocycles. The summed E-state index contributed by atoms with van der Waals surface area (Å²) >= 11 is 0. The SMILES string of the molecule is CC(C)OC(=O)[C@H](C)N[P@@](=O)(Oc1ccccc1)OC1[C@H]2[C@@H](C)[C@@H](n3cnc4c(N)ncnc43)[C@@H](F)[C@@]12O. The summed E-state index contributed by atoms with van der Waals surface area (Å²) < 4.78 is 48.1. The zero-order valence-electron chi connectivity index (χ0n) is 21.3. The van der Waals surface area contributed by atoms with Gasteiger partial charge in [-0.1, -0.05) is 25.1 Å². The number of para-hydroxylation sites is 1. The second-order valence-corrected chi connectivity index (χ2v) is 11.7. The van der Waals surface area contributed by atoms with Crippen LogP contribution in [0, 0.1) is 11.8 Å². The molecule has 2 aromatic heterocycles. The summed E-state index contributed by atoms with van der Waals surface area (Å²) in [7, 11) is -4.30. The number of esters is 1. The van der Waals surface area contributed by atoms with Crippen LogP contribution in [0.25, 0.3) is 11.2 Å². The maximum Gasteiger partial charge on any atom is 0.459 e. The van der Waals surface area contributed by atoms with E-state index in [4.69, 9.17) is 19.5 Å². The Labute approximate surface area is 218 Å². The third kappa shape index (κ3) is 4.43. The summed E-state index contributed by atoms with van der Waals surface area (Å²) in [6.07, 6.45) is -0.683. The number of carbonyl (C=O) groups is 1. The van der Waals surface area contributed by atoms with Gasteiger partial charge in [-0.2, -0.15) is 5.09 Å². The molecule has 38 heavy (non-hydrogen) atoms. The van der Waals surface area contributed by atoms with Gasteiger partial charge in [0.25, 0.3) is 0 Å². The summed E-state index contributed by atoms with van der Waals surface area (Å²) in [6.45, 7) is 6.58. The highest BCUT2D eigenvalue weighted by atomic mass is 31.2. The van der Waals surface area contributed by atoms with Crippen molar-refractivity contribution in [1.29, 1.82) is 0 Å². The summed E-state index contributed by atoms with van der Waals surface area (Å²) in [5.74, 6) is -1.49. The van der Waals surface area contributed by atoms with Crippen LogP contribution in [0.2, 0.25) is 0 Å². The van der Waals surface area contributed by atoms with E-state index in [9.17, 15) is 14.5 Å². The van der Waals surface area contributed by atoms with Gasteiger partial charge in [-0.15, -0.1) is 0 Å². The number of anilines is 1. The first kappa shape index (κ1) is 26.5. The predicted octanol–water partition coefficient (Wildman–Crippen LogP) is 2.80. The number of fused-ring (bicyclic) bond motifs is 2. The maximum absolute atomic E-state index is 16.0. The Morgan fingerprint density at radius 2 is 1.95 bits per heavy atom. The zero-order valence-corrected chi connectivity index (χ0v) is 22.2. The number of halogens is 1. The van der Waals surface area contributed by atoms with E-state index in [1.807, 2.05) is 0 Å². The van der Waals surface area contributed by atoms with Gasteiger partial charge in [0, 0.05) is 5.92 Å². The Morgan fingerprint density at radius 1 is 1.24 bits per heavy atom. The van der Waals surface area contributed by atoms with E-state index in [1.54, 1.807) is 51.1 Å². The Balaban J connectivity index is 1.39. The second kappa shape index (κ2) is 9.57. The Morgan fingerprint density at radius 3 is 2.58 bits per heavy atom. The van der Waals surface area contributed by atoms with Crippen molar-refractivity contribution in [3.63, 3.8) is 0 Å². The molecular formula is C24H30FN6O6P. The average molecular weight is 549 g/mol. The van der Waals surface area contributed by atoms with Crippen LogP contribution < -0.4 is 15.3 Å². The van der Waals surface area contributed by atoms with E-state index in [0.29, 0.717) is 11.2 Å². The molecule has 2 aliphatic rings. The van der Waals surface area contributed by atoms with Crippen molar-refractivity contribution < 1.29 is 32.6 Å². The first-order chi connectivity index (χ1) is 18.0. The van der Waals surface area contributed by atoms with Gasteiger partial charge in [0.15, 0.2) is 17.6 Å². The van der Waals surface area contributed by atoms with Crippen molar-refractivity contribution in [2.75, 3.05) is 5.73 Å². The molecule has 0 amide bonds. The molecule has 1 unspecified atom stereocenters.